The molecule has 2 aliphatic rings. The second-order valence-corrected chi connectivity index (χ2v) is 7.80. The zero-order valence-electron chi connectivity index (χ0n) is 17.8. The molecule has 5 heterocycles. The average Bonchev–Trinajstić information content (AvgIpc) is 3.38. The van der Waals surface area contributed by atoms with Crippen molar-refractivity contribution in [2.24, 2.45) is 5.10 Å². The maximum Gasteiger partial charge on any atom is 0.341 e. The standard InChI is InChI=1S/C21H19F2N7O3/c1-11-18(12(2)33-28-11)19-25-8-16(23)20(27-19)32-15-9-29(10-15)21(31)30-17(3-4-26-30)13-5-14(22)7-24-6-13/h4-8,15,17H,3,9-10H2,1-2H3. The van der Waals surface area contributed by atoms with Crippen LogP contribution in [0.3, 0.4) is 0 Å². The van der Waals surface area contributed by atoms with Crippen LogP contribution in [-0.2, 0) is 0 Å². The summed E-state index contributed by atoms with van der Waals surface area (Å²) in [5, 5.41) is 9.29. The molecule has 3 aromatic rings. The number of hydrazone groups is 1. The molecule has 0 N–H and O–H groups in total. The quantitative estimate of drug-likeness (QED) is 0.595. The normalized spacial score (nSPS) is 18.0. The van der Waals surface area contributed by atoms with Crippen LogP contribution in [0.15, 0.2) is 34.3 Å². The van der Waals surface area contributed by atoms with E-state index in [1.807, 2.05) is 0 Å². The van der Waals surface area contributed by atoms with Gasteiger partial charge in [0, 0.05) is 18.8 Å². The van der Waals surface area contributed by atoms with Gasteiger partial charge in [-0.1, -0.05) is 5.16 Å². The highest BCUT2D eigenvalue weighted by Gasteiger charge is 2.39. The Labute approximate surface area is 186 Å². The minimum atomic E-state index is -0.710. The molecule has 1 atom stereocenters. The predicted molar refractivity (Wildman–Crippen MR) is 110 cm³/mol. The van der Waals surface area contributed by atoms with Crippen LogP contribution in [0.2, 0.25) is 0 Å². The molecule has 5 rings (SSSR count). The van der Waals surface area contributed by atoms with Crippen LogP contribution in [0.4, 0.5) is 13.6 Å². The summed E-state index contributed by atoms with van der Waals surface area (Å²) in [7, 11) is 0. The minimum Gasteiger partial charge on any atom is -0.468 e. The predicted octanol–water partition coefficient (Wildman–Crippen LogP) is 3.04. The van der Waals surface area contributed by atoms with Crippen molar-refractivity contribution in [3.8, 4) is 17.3 Å². The average molecular weight is 455 g/mol. The van der Waals surface area contributed by atoms with Crippen LogP contribution in [0, 0.1) is 25.5 Å². The van der Waals surface area contributed by atoms with E-state index in [0.717, 1.165) is 12.4 Å². The third-order valence-electron chi connectivity index (χ3n) is 5.50. The van der Waals surface area contributed by atoms with Gasteiger partial charge in [-0.15, -0.1) is 0 Å². The van der Waals surface area contributed by atoms with Crippen molar-refractivity contribution in [1.82, 2.24) is 30.0 Å². The van der Waals surface area contributed by atoms with Crippen molar-refractivity contribution in [2.75, 3.05) is 13.1 Å². The molecule has 33 heavy (non-hydrogen) atoms. The number of hydrogen-bond donors (Lipinski definition) is 0. The number of urea groups is 1. The van der Waals surface area contributed by atoms with Gasteiger partial charge in [0.1, 0.15) is 17.7 Å². The number of likely N-dealkylation sites (tertiary alicyclic amines) is 1. The molecule has 1 unspecified atom stereocenters. The number of ether oxygens (including phenoxy) is 1. The van der Waals surface area contributed by atoms with Crippen molar-refractivity contribution >= 4 is 12.2 Å². The SMILES string of the molecule is Cc1noc(C)c1-c1ncc(F)c(OC2CN(C(=O)N3N=CCC3c3cncc(F)c3)C2)n1. The molecule has 0 aliphatic carbocycles. The fourth-order valence-corrected chi connectivity index (χ4v) is 3.81. The number of nitrogens with zero attached hydrogens (tertiary/aromatic N) is 7. The van der Waals surface area contributed by atoms with Crippen LogP contribution in [0.1, 0.15) is 29.5 Å². The van der Waals surface area contributed by atoms with Gasteiger partial charge in [-0.25, -0.2) is 19.2 Å². The van der Waals surface area contributed by atoms with Gasteiger partial charge in [0.25, 0.3) is 5.88 Å². The maximum atomic E-state index is 14.3. The van der Waals surface area contributed by atoms with Gasteiger partial charge in [-0.3, -0.25) is 4.98 Å². The lowest BCUT2D eigenvalue weighted by Crippen LogP contribution is -2.59. The Hall–Kier alpha value is -3.96. The number of aryl methyl sites for hydroxylation is 2. The van der Waals surface area contributed by atoms with Gasteiger partial charge in [0.15, 0.2) is 5.82 Å². The molecule has 1 saturated heterocycles. The highest BCUT2D eigenvalue weighted by Crippen LogP contribution is 2.31. The molecule has 2 amide bonds. The molecule has 10 nitrogen and oxygen atoms in total. The van der Waals surface area contributed by atoms with E-state index in [1.54, 1.807) is 20.1 Å². The molecular weight excluding hydrogens is 436 g/mol. The number of pyridine rings is 1. The molecule has 3 aromatic heterocycles. The van der Waals surface area contributed by atoms with Crippen molar-refractivity contribution in [1.29, 1.82) is 0 Å². The van der Waals surface area contributed by atoms with Gasteiger partial charge in [0.05, 0.1) is 42.8 Å². The highest BCUT2D eigenvalue weighted by molar-refractivity contribution is 5.79. The van der Waals surface area contributed by atoms with E-state index in [0.29, 0.717) is 29.0 Å². The van der Waals surface area contributed by atoms with E-state index in [2.05, 4.69) is 25.2 Å². The van der Waals surface area contributed by atoms with Crippen LogP contribution < -0.4 is 4.74 Å². The van der Waals surface area contributed by atoms with Crippen molar-refractivity contribution in [3.63, 3.8) is 0 Å². The first kappa shape index (κ1) is 20.9. The number of halogens is 2. The summed E-state index contributed by atoms with van der Waals surface area (Å²) in [6, 6.07) is 0.554. The van der Waals surface area contributed by atoms with E-state index >= 15 is 0 Å². The first-order chi connectivity index (χ1) is 15.9. The van der Waals surface area contributed by atoms with E-state index in [1.165, 1.54) is 22.2 Å². The zero-order valence-corrected chi connectivity index (χ0v) is 17.8. The number of carbonyl (C=O) groups is 1. The number of amides is 2. The van der Waals surface area contributed by atoms with Crippen molar-refractivity contribution in [3.05, 3.63) is 53.3 Å². The largest absolute Gasteiger partial charge is 0.468 e. The molecule has 0 bridgehead atoms. The summed E-state index contributed by atoms with van der Waals surface area (Å²) in [5.41, 5.74) is 1.72. The topological polar surface area (TPSA) is 110 Å². The molecule has 0 aromatic carbocycles. The Bertz CT molecular complexity index is 1220. The van der Waals surface area contributed by atoms with E-state index in [9.17, 15) is 13.6 Å². The lowest BCUT2D eigenvalue weighted by Gasteiger charge is -2.40. The molecule has 0 radical (unpaired) electrons. The highest BCUT2D eigenvalue weighted by atomic mass is 19.1. The third kappa shape index (κ3) is 3.88. The number of carbonyl (C=O) groups excluding carboxylic acids is 1. The third-order valence-corrected chi connectivity index (χ3v) is 5.50. The molecule has 1 fully saturated rings. The Kier molecular flexibility index (Phi) is 5.19. The first-order valence-electron chi connectivity index (χ1n) is 10.2. The summed E-state index contributed by atoms with van der Waals surface area (Å²) in [5.74, 6) is -0.641. The Balaban J connectivity index is 1.24. The fraction of sp³-hybridized carbons (Fsp3) is 0.333. The van der Waals surface area contributed by atoms with E-state index in [-0.39, 0.29) is 30.8 Å². The monoisotopic (exact) mass is 455 g/mol. The number of rotatable bonds is 4. The van der Waals surface area contributed by atoms with Crippen LogP contribution in [-0.4, -0.2) is 61.5 Å². The Morgan fingerprint density at radius 3 is 2.76 bits per heavy atom. The molecule has 170 valence electrons. The van der Waals surface area contributed by atoms with Gasteiger partial charge in [-0.2, -0.15) is 14.5 Å². The Morgan fingerprint density at radius 1 is 1.21 bits per heavy atom. The van der Waals surface area contributed by atoms with Crippen molar-refractivity contribution in [2.45, 2.75) is 32.4 Å². The molecule has 2 aliphatic heterocycles. The zero-order chi connectivity index (χ0) is 23.1. The van der Waals surface area contributed by atoms with Gasteiger partial charge < -0.3 is 14.2 Å². The van der Waals surface area contributed by atoms with Gasteiger partial charge in [-0.05, 0) is 25.5 Å². The van der Waals surface area contributed by atoms with Gasteiger partial charge in [0.2, 0.25) is 5.82 Å². The second kappa shape index (κ2) is 8.19. The fourth-order valence-electron chi connectivity index (χ4n) is 3.81. The Morgan fingerprint density at radius 2 is 2.03 bits per heavy atom. The van der Waals surface area contributed by atoms with Crippen LogP contribution >= 0.6 is 0 Å². The summed E-state index contributed by atoms with van der Waals surface area (Å²) >= 11 is 0. The molecule has 12 heteroatoms. The summed E-state index contributed by atoms with van der Waals surface area (Å²) in [6.07, 6.45) is 5.26. The van der Waals surface area contributed by atoms with Crippen LogP contribution in [0.25, 0.3) is 11.4 Å². The lowest BCUT2D eigenvalue weighted by atomic mass is 10.1. The second-order valence-electron chi connectivity index (χ2n) is 7.80. The first-order valence-corrected chi connectivity index (χ1v) is 10.2. The minimum absolute atomic E-state index is 0.208. The molecular formula is C21H19F2N7O3. The maximum absolute atomic E-state index is 14.3. The van der Waals surface area contributed by atoms with Crippen molar-refractivity contribution < 1.29 is 22.8 Å². The lowest BCUT2D eigenvalue weighted by molar-refractivity contribution is 0.0230. The van der Waals surface area contributed by atoms with Crippen LogP contribution in [0.5, 0.6) is 5.88 Å². The number of aromatic nitrogens is 4. The summed E-state index contributed by atoms with van der Waals surface area (Å²) in [6.45, 7) is 3.90. The molecule has 0 saturated carbocycles. The summed E-state index contributed by atoms with van der Waals surface area (Å²) in [4.78, 5) is 26.4. The number of hydrogen-bond acceptors (Lipinski definition) is 8. The van der Waals surface area contributed by atoms with Gasteiger partial charge >= 0.3 is 6.03 Å². The summed E-state index contributed by atoms with van der Waals surface area (Å²) < 4.78 is 38.6. The smallest absolute Gasteiger partial charge is 0.341 e. The van der Waals surface area contributed by atoms with E-state index in [4.69, 9.17) is 9.26 Å². The van der Waals surface area contributed by atoms with E-state index < -0.39 is 23.8 Å². The molecule has 0 spiro atoms.